The highest BCUT2D eigenvalue weighted by molar-refractivity contribution is 6.65. The van der Waals surface area contributed by atoms with E-state index < -0.39 is 10.8 Å². The Labute approximate surface area is 95.2 Å². The van der Waals surface area contributed by atoms with Crippen LogP contribution in [0.15, 0.2) is 18.2 Å². The maximum atomic E-state index is 11.1. The molecule has 0 heterocycles. The van der Waals surface area contributed by atoms with E-state index in [-0.39, 0.29) is 0 Å². The number of halogens is 1. The largest absolute Gasteiger partial charge is 0.478 e. The summed E-state index contributed by atoms with van der Waals surface area (Å²) in [7, 11) is 0. The van der Waals surface area contributed by atoms with Crippen molar-refractivity contribution in [1.82, 2.24) is 0 Å². The molecule has 0 aliphatic rings. The van der Waals surface area contributed by atoms with E-state index in [1.807, 2.05) is 32.0 Å². The van der Waals surface area contributed by atoms with Gasteiger partial charge in [-0.2, -0.15) is 0 Å². The zero-order valence-electron chi connectivity index (χ0n) is 9.43. The predicted octanol–water partition coefficient (Wildman–Crippen LogP) is 3.23. The van der Waals surface area contributed by atoms with Crippen LogP contribution in [-0.4, -0.2) is 10.8 Å². The lowest BCUT2D eigenvalue weighted by atomic mass is 10.1. The average Bonchev–Trinajstić information content (AvgIpc) is 2.12. The Morgan fingerprint density at radius 3 is 2.47 bits per heavy atom. The van der Waals surface area contributed by atoms with Crippen molar-refractivity contribution in [2.75, 3.05) is 0 Å². The molecule has 0 radical (unpaired) electrons. The number of hydrogen-bond acceptors (Lipinski definition) is 2. The highest BCUT2D eigenvalue weighted by Crippen LogP contribution is 2.25. The molecule has 82 valence electrons. The van der Waals surface area contributed by atoms with Crippen LogP contribution in [0.5, 0.6) is 5.75 Å². The molecule has 0 fully saturated rings. The van der Waals surface area contributed by atoms with E-state index >= 15 is 0 Å². The van der Waals surface area contributed by atoms with Gasteiger partial charge in [0.15, 0.2) is 5.60 Å². The number of benzene rings is 1. The van der Waals surface area contributed by atoms with Crippen molar-refractivity contribution < 1.29 is 9.53 Å². The highest BCUT2D eigenvalue weighted by atomic mass is 35.5. The molecule has 1 aromatic carbocycles. The lowest BCUT2D eigenvalue weighted by Crippen LogP contribution is -2.35. The maximum Gasteiger partial charge on any atom is 0.264 e. The molecule has 0 bridgehead atoms. The summed E-state index contributed by atoms with van der Waals surface area (Å²) < 4.78 is 5.59. The third-order valence-electron chi connectivity index (χ3n) is 2.39. The van der Waals surface area contributed by atoms with Crippen LogP contribution in [-0.2, 0) is 4.79 Å². The number of hydrogen-bond donors (Lipinski definition) is 0. The van der Waals surface area contributed by atoms with E-state index in [2.05, 4.69) is 0 Å². The van der Waals surface area contributed by atoms with Gasteiger partial charge in [0.05, 0.1) is 0 Å². The first-order valence-electron chi connectivity index (χ1n) is 4.80. The van der Waals surface area contributed by atoms with Crippen molar-refractivity contribution >= 4 is 16.8 Å². The van der Waals surface area contributed by atoms with Crippen LogP contribution in [0.3, 0.4) is 0 Å². The van der Waals surface area contributed by atoms with Crippen LogP contribution in [0.2, 0.25) is 0 Å². The second-order valence-electron chi connectivity index (χ2n) is 4.08. The van der Waals surface area contributed by atoms with Gasteiger partial charge in [0.25, 0.3) is 5.24 Å². The number of aryl methyl sites for hydroxylation is 1. The van der Waals surface area contributed by atoms with Crippen molar-refractivity contribution in [3.63, 3.8) is 0 Å². The van der Waals surface area contributed by atoms with E-state index in [1.165, 1.54) is 0 Å². The predicted molar refractivity (Wildman–Crippen MR) is 61.5 cm³/mol. The van der Waals surface area contributed by atoms with E-state index in [9.17, 15) is 4.79 Å². The molecule has 0 saturated heterocycles. The Kier molecular flexibility index (Phi) is 3.40. The monoisotopic (exact) mass is 226 g/mol. The van der Waals surface area contributed by atoms with Gasteiger partial charge in [0, 0.05) is 0 Å². The lowest BCUT2D eigenvalue weighted by Gasteiger charge is -2.23. The fourth-order valence-corrected chi connectivity index (χ4v) is 1.19. The molecule has 3 heteroatoms. The molecule has 0 N–H and O–H groups in total. The Bertz CT molecular complexity index is 383. The van der Waals surface area contributed by atoms with E-state index in [0.717, 1.165) is 11.1 Å². The minimum Gasteiger partial charge on any atom is -0.478 e. The first-order valence-corrected chi connectivity index (χ1v) is 5.17. The normalized spacial score (nSPS) is 11.3. The van der Waals surface area contributed by atoms with Crippen molar-refractivity contribution in [3.8, 4) is 5.75 Å². The average molecular weight is 227 g/mol. The van der Waals surface area contributed by atoms with Gasteiger partial charge in [0.1, 0.15) is 5.75 Å². The second kappa shape index (κ2) is 4.23. The van der Waals surface area contributed by atoms with Crippen molar-refractivity contribution in [2.24, 2.45) is 0 Å². The highest BCUT2D eigenvalue weighted by Gasteiger charge is 2.28. The Morgan fingerprint density at radius 2 is 1.93 bits per heavy atom. The maximum absolute atomic E-state index is 11.1. The van der Waals surface area contributed by atoms with Gasteiger partial charge in [-0.3, -0.25) is 4.79 Å². The molecule has 0 aliphatic carbocycles. The van der Waals surface area contributed by atoms with Gasteiger partial charge in [0.2, 0.25) is 0 Å². The molecule has 0 spiro atoms. The van der Waals surface area contributed by atoms with E-state index in [1.54, 1.807) is 13.8 Å². The third-order valence-corrected chi connectivity index (χ3v) is 2.85. The van der Waals surface area contributed by atoms with Gasteiger partial charge in [-0.05, 0) is 56.5 Å². The van der Waals surface area contributed by atoms with Gasteiger partial charge in [-0.1, -0.05) is 12.1 Å². The smallest absolute Gasteiger partial charge is 0.264 e. The standard InChI is InChI=1S/C12H15ClO2/c1-8-6-5-7-10(9(8)2)15-12(3,4)11(13)14/h5-7H,1-4H3. The molecule has 1 rings (SSSR count). The number of carbonyl (C=O) groups is 1. The van der Waals surface area contributed by atoms with E-state index in [0.29, 0.717) is 5.75 Å². The lowest BCUT2D eigenvalue weighted by molar-refractivity contribution is -0.123. The van der Waals surface area contributed by atoms with Gasteiger partial charge in [-0.25, -0.2) is 0 Å². The SMILES string of the molecule is Cc1cccc(OC(C)(C)C(=O)Cl)c1C. The van der Waals surface area contributed by atoms with Gasteiger partial charge < -0.3 is 4.74 Å². The van der Waals surface area contributed by atoms with Crippen LogP contribution in [0.25, 0.3) is 0 Å². The molecule has 0 unspecified atom stereocenters. The molecule has 15 heavy (non-hydrogen) atoms. The minimum absolute atomic E-state index is 0.497. The summed E-state index contributed by atoms with van der Waals surface area (Å²) in [6.07, 6.45) is 0. The minimum atomic E-state index is -0.986. The fourth-order valence-electron chi connectivity index (χ4n) is 1.15. The fraction of sp³-hybridized carbons (Fsp3) is 0.417. The number of carbonyl (C=O) groups excluding carboxylic acids is 1. The van der Waals surface area contributed by atoms with Crippen LogP contribution < -0.4 is 4.74 Å². The molecular weight excluding hydrogens is 212 g/mol. The second-order valence-corrected chi connectivity index (χ2v) is 4.43. The number of ether oxygens (including phenoxy) is 1. The van der Waals surface area contributed by atoms with Crippen LogP contribution in [0.1, 0.15) is 25.0 Å². The Hall–Kier alpha value is -1.02. The van der Waals surface area contributed by atoms with Crippen molar-refractivity contribution in [3.05, 3.63) is 29.3 Å². The molecule has 2 nitrogen and oxygen atoms in total. The third kappa shape index (κ3) is 2.72. The Morgan fingerprint density at radius 1 is 1.33 bits per heavy atom. The van der Waals surface area contributed by atoms with Crippen LogP contribution in [0, 0.1) is 13.8 Å². The molecule has 0 saturated carbocycles. The summed E-state index contributed by atoms with van der Waals surface area (Å²) in [6.45, 7) is 7.27. The quantitative estimate of drug-likeness (QED) is 0.740. The summed E-state index contributed by atoms with van der Waals surface area (Å²) in [6, 6.07) is 5.73. The summed E-state index contributed by atoms with van der Waals surface area (Å²) in [5.74, 6) is 0.703. The Balaban J connectivity index is 3.00. The number of rotatable bonds is 3. The molecule has 0 aliphatic heterocycles. The van der Waals surface area contributed by atoms with Gasteiger partial charge >= 0.3 is 0 Å². The van der Waals surface area contributed by atoms with Crippen molar-refractivity contribution in [1.29, 1.82) is 0 Å². The molecule has 1 aromatic rings. The van der Waals surface area contributed by atoms with Crippen LogP contribution >= 0.6 is 11.6 Å². The molecular formula is C12H15ClO2. The summed E-state index contributed by atoms with van der Waals surface area (Å²) in [4.78, 5) is 11.1. The van der Waals surface area contributed by atoms with Gasteiger partial charge in [-0.15, -0.1) is 0 Å². The molecule has 0 aromatic heterocycles. The summed E-state index contributed by atoms with van der Waals surface area (Å²) >= 11 is 5.45. The van der Waals surface area contributed by atoms with E-state index in [4.69, 9.17) is 16.3 Å². The topological polar surface area (TPSA) is 26.3 Å². The van der Waals surface area contributed by atoms with Crippen molar-refractivity contribution in [2.45, 2.75) is 33.3 Å². The summed E-state index contributed by atoms with van der Waals surface area (Å²) in [5, 5.41) is -0.497. The molecule has 0 atom stereocenters. The van der Waals surface area contributed by atoms with Crippen LogP contribution in [0.4, 0.5) is 0 Å². The molecule has 0 amide bonds. The first-order chi connectivity index (χ1) is 6.84. The summed E-state index contributed by atoms with van der Waals surface area (Å²) in [5.41, 5.74) is 1.17. The first kappa shape index (κ1) is 12.1. The zero-order chi connectivity index (χ0) is 11.6. The zero-order valence-corrected chi connectivity index (χ0v) is 10.2.